The molecule has 0 spiro atoms. The van der Waals surface area contributed by atoms with Crippen molar-refractivity contribution in [3.05, 3.63) is 59.7 Å². The van der Waals surface area contributed by atoms with Crippen LogP contribution < -0.4 is 10.6 Å². The molecule has 2 atom stereocenters. The molecule has 3 rings (SSSR count). The molecule has 5 nitrogen and oxygen atoms in total. The lowest BCUT2D eigenvalue weighted by atomic mass is 9.96. The quantitative estimate of drug-likeness (QED) is 0.825. The molecule has 2 aromatic rings. The number of rotatable bonds is 6. The van der Waals surface area contributed by atoms with Gasteiger partial charge in [0.2, 0.25) is 11.8 Å². The van der Waals surface area contributed by atoms with Gasteiger partial charge in [-0.1, -0.05) is 55.4 Å². The van der Waals surface area contributed by atoms with Crippen LogP contribution in [0, 0.1) is 0 Å². The number of fused-ring (bicyclic) bond motifs is 3. The largest absolute Gasteiger partial charge is 0.345 e. The zero-order valence-electron chi connectivity index (χ0n) is 17.4. The topological polar surface area (TPSA) is 75.3 Å². The summed E-state index contributed by atoms with van der Waals surface area (Å²) in [4.78, 5) is 37.3. The number of carbonyl (C=O) groups is 3. The molecule has 1 aliphatic rings. The first-order chi connectivity index (χ1) is 13.8. The van der Waals surface area contributed by atoms with Gasteiger partial charge in [-0.15, -0.1) is 0 Å². The minimum atomic E-state index is -1.26. The maximum absolute atomic E-state index is 13.0. The maximum atomic E-state index is 13.0. The van der Waals surface area contributed by atoms with Gasteiger partial charge in [-0.2, -0.15) is 0 Å². The summed E-state index contributed by atoms with van der Waals surface area (Å²) in [5, 5.41) is 5.30. The third-order valence-corrected chi connectivity index (χ3v) is 4.89. The first kappa shape index (κ1) is 16.2. The minimum Gasteiger partial charge on any atom is -0.345 e. The van der Waals surface area contributed by atoms with Crippen LogP contribution in [-0.2, 0) is 14.4 Å². The monoisotopic (exact) mass is 366 g/mol. The number of Topliss-reactive ketones (excluding diaryl/α,β-unsaturated/α-hetero) is 1. The van der Waals surface area contributed by atoms with E-state index in [0.29, 0.717) is 0 Å². The second-order valence-electron chi connectivity index (χ2n) is 6.74. The van der Waals surface area contributed by atoms with Gasteiger partial charge in [-0.25, -0.2) is 0 Å². The zero-order valence-corrected chi connectivity index (χ0v) is 15.4. The Kier molecular flexibility index (Phi) is 4.66. The van der Waals surface area contributed by atoms with Crippen molar-refractivity contribution in [3.8, 4) is 11.1 Å². The number of hydrogen-bond acceptors (Lipinski definition) is 3. The normalized spacial score (nSPS) is 15.8. The minimum absolute atomic E-state index is 0.252. The highest BCUT2D eigenvalue weighted by molar-refractivity contribution is 5.98. The van der Waals surface area contributed by atoms with Crippen LogP contribution in [0.15, 0.2) is 48.5 Å². The molecule has 2 unspecified atom stereocenters. The molecule has 27 heavy (non-hydrogen) atoms. The number of benzene rings is 2. The van der Waals surface area contributed by atoms with Crippen LogP contribution in [0.1, 0.15) is 46.9 Å². The third-order valence-electron chi connectivity index (χ3n) is 4.89. The van der Waals surface area contributed by atoms with E-state index < -0.39 is 30.8 Å². The van der Waals surface area contributed by atoms with Crippen LogP contribution in [0.3, 0.4) is 0 Å². The molecule has 2 N–H and O–H groups in total. The Balaban J connectivity index is 1.70. The Bertz CT molecular complexity index is 900. The van der Waals surface area contributed by atoms with Crippen molar-refractivity contribution in [3.63, 3.8) is 0 Å². The Morgan fingerprint density at radius 2 is 1.48 bits per heavy atom. The molecule has 0 fully saturated rings. The lowest BCUT2D eigenvalue weighted by Gasteiger charge is -2.20. The Morgan fingerprint density at radius 1 is 0.926 bits per heavy atom. The number of nitrogens with one attached hydrogen (secondary N) is 2. The molecular formula is C22H24N2O3. The fraction of sp³-hybridized carbons (Fsp3) is 0.318. The van der Waals surface area contributed by atoms with Crippen molar-refractivity contribution < 1.29 is 17.1 Å². The van der Waals surface area contributed by atoms with Crippen molar-refractivity contribution in [1.82, 2.24) is 10.6 Å². The molecule has 2 aromatic carbocycles. The average Bonchev–Trinajstić information content (AvgIpc) is 3.01. The Morgan fingerprint density at radius 3 is 2.04 bits per heavy atom. The third kappa shape index (κ3) is 3.63. The highest BCUT2D eigenvalue weighted by Crippen LogP contribution is 2.44. The number of hydrogen-bond donors (Lipinski definition) is 2. The van der Waals surface area contributed by atoms with Gasteiger partial charge in [0.25, 0.3) is 0 Å². The SMILES string of the molecule is [2H]C([2H])CC(=O)C(C)NC(=O)C(C)NC(=O)C1c2ccccc2-c2ccccc21. The average molecular weight is 366 g/mol. The number of carbonyl (C=O) groups excluding carboxylic acids is 3. The summed E-state index contributed by atoms with van der Waals surface area (Å²) < 4.78 is 14.3. The lowest BCUT2D eigenvalue weighted by Crippen LogP contribution is -2.50. The lowest BCUT2D eigenvalue weighted by molar-refractivity contribution is -0.131. The van der Waals surface area contributed by atoms with E-state index in [1.807, 2.05) is 48.5 Å². The van der Waals surface area contributed by atoms with Gasteiger partial charge in [-0.05, 0) is 36.1 Å². The standard InChI is InChI=1S/C22H24N2O3/c1-4-19(25)13(2)23-21(26)14(3)24-22(27)20-17-11-7-5-9-15(17)16-10-6-8-12-18(16)20/h5-14,20H,4H2,1-3H3,(H,23,26)(H,24,27)/i1D2. The predicted molar refractivity (Wildman–Crippen MR) is 104 cm³/mol. The zero-order chi connectivity index (χ0) is 21.1. The molecule has 1 aliphatic carbocycles. The first-order valence-corrected chi connectivity index (χ1v) is 8.95. The summed E-state index contributed by atoms with van der Waals surface area (Å²) in [6.45, 7) is 1.82. The van der Waals surface area contributed by atoms with Gasteiger partial charge >= 0.3 is 0 Å². The van der Waals surface area contributed by atoms with E-state index in [0.717, 1.165) is 22.3 Å². The molecule has 2 amide bonds. The van der Waals surface area contributed by atoms with Gasteiger partial charge in [0.05, 0.1) is 12.0 Å². The van der Waals surface area contributed by atoms with Crippen LogP contribution in [0.25, 0.3) is 11.1 Å². The summed E-state index contributed by atoms with van der Waals surface area (Å²) in [6.07, 6.45) is -0.252. The Labute approximate surface area is 162 Å². The van der Waals surface area contributed by atoms with Crippen LogP contribution in [0.5, 0.6) is 0 Å². The van der Waals surface area contributed by atoms with E-state index >= 15 is 0 Å². The molecule has 5 heteroatoms. The van der Waals surface area contributed by atoms with Crippen molar-refractivity contribution in [1.29, 1.82) is 0 Å². The van der Waals surface area contributed by atoms with Gasteiger partial charge in [0, 0.05) is 9.16 Å². The summed E-state index contributed by atoms with van der Waals surface area (Å²) >= 11 is 0. The van der Waals surface area contributed by atoms with Gasteiger partial charge in [0.1, 0.15) is 6.04 Å². The molecule has 0 bridgehead atoms. The fourth-order valence-corrected chi connectivity index (χ4v) is 3.40. The van der Waals surface area contributed by atoms with E-state index in [1.165, 1.54) is 6.92 Å². The summed E-state index contributed by atoms with van der Waals surface area (Å²) in [5.74, 6) is -1.64. The smallest absolute Gasteiger partial charge is 0.242 e. The van der Waals surface area contributed by atoms with Gasteiger partial charge in [0.15, 0.2) is 5.78 Å². The first-order valence-electron chi connectivity index (χ1n) is 10.1. The maximum Gasteiger partial charge on any atom is 0.242 e. The van der Waals surface area contributed by atoms with E-state index in [-0.39, 0.29) is 18.1 Å². The predicted octanol–water partition coefficient (Wildman–Crippen LogP) is 2.79. The molecule has 0 aliphatic heterocycles. The van der Waals surface area contributed by atoms with Gasteiger partial charge in [-0.3, -0.25) is 14.4 Å². The molecular weight excluding hydrogens is 340 g/mol. The second kappa shape index (κ2) is 7.74. The molecule has 0 aromatic heterocycles. The molecule has 0 saturated carbocycles. The summed E-state index contributed by atoms with van der Waals surface area (Å²) in [6, 6.07) is 13.8. The fourth-order valence-electron chi connectivity index (χ4n) is 3.40. The highest BCUT2D eigenvalue weighted by atomic mass is 16.2. The van der Waals surface area contributed by atoms with Crippen LogP contribution in [0.4, 0.5) is 0 Å². The molecule has 0 heterocycles. The molecule has 0 saturated heterocycles. The second-order valence-corrected chi connectivity index (χ2v) is 6.74. The van der Waals surface area contributed by atoms with E-state index in [1.54, 1.807) is 6.92 Å². The Hall–Kier alpha value is -2.95. The van der Waals surface area contributed by atoms with Crippen molar-refractivity contribution in [2.45, 2.75) is 45.1 Å². The van der Waals surface area contributed by atoms with Crippen molar-refractivity contribution in [2.75, 3.05) is 0 Å². The van der Waals surface area contributed by atoms with Crippen LogP contribution in [0.2, 0.25) is 0 Å². The molecule has 140 valence electrons. The van der Waals surface area contributed by atoms with Crippen molar-refractivity contribution in [2.24, 2.45) is 0 Å². The van der Waals surface area contributed by atoms with Crippen LogP contribution >= 0.6 is 0 Å². The van der Waals surface area contributed by atoms with Crippen molar-refractivity contribution >= 4 is 17.6 Å². The van der Waals surface area contributed by atoms with E-state index in [9.17, 15) is 14.4 Å². The number of amides is 2. The summed E-state index contributed by atoms with van der Waals surface area (Å²) in [5.41, 5.74) is 3.83. The van der Waals surface area contributed by atoms with Gasteiger partial charge < -0.3 is 10.6 Å². The molecule has 0 radical (unpaired) electrons. The van der Waals surface area contributed by atoms with E-state index in [2.05, 4.69) is 10.6 Å². The number of ketones is 1. The van der Waals surface area contributed by atoms with E-state index in [4.69, 9.17) is 2.74 Å². The van der Waals surface area contributed by atoms with Crippen LogP contribution in [-0.4, -0.2) is 29.7 Å². The highest BCUT2D eigenvalue weighted by Gasteiger charge is 2.34. The summed E-state index contributed by atoms with van der Waals surface area (Å²) in [7, 11) is 0.